The largest absolute Gasteiger partial charge is 0.291 e. The summed E-state index contributed by atoms with van der Waals surface area (Å²) in [6, 6.07) is 15.8. The van der Waals surface area contributed by atoms with Gasteiger partial charge in [0.25, 0.3) is 0 Å². The number of fused-ring (bicyclic) bond motifs is 2. The van der Waals surface area contributed by atoms with E-state index >= 15 is 0 Å². The number of hydrogen-bond donors (Lipinski definition) is 0. The average Bonchev–Trinajstić information content (AvgIpc) is 2.58. The lowest BCUT2D eigenvalue weighted by atomic mass is 9.84. The summed E-state index contributed by atoms with van der Waals surface area (Å²) in [5.41, 5.74) is 3.47. The topological polar surface area (TPSA) is 42.3 Å². The Hall–Kier alpha value is -2.33. The zero-order valence-corrected chi connectivity index (χ0v) is 15.0. The molecule has 0 saturated heterocycles. The molecule has 3 aromatic rings. The zero-order chi connectivity index (χ0) is 16.9. The summed E-state index contributed by atoms with van der Waals surface area (Å²) in [7, 11) is 0. The Morgan fingerprint density at radius 3 is 2.62 bits per heavy atom. The highest BCUT2D eigenvalue weighted by atomic mass is 79.9. The van der Waals surface area contributed by atoms with E-state index in [1.54, 1.807) is 0 Å². The van der Waals surface area contributed by atoms with E-state index < -0.39 is 5.54 Å². The van der Waals surface area contributed by atoms with E-state index in [-0.39, 0.29) is 5.78 Å². The van der Waals surface area contributed by atoms with Crippen molar-refractivity contribution in [3.05, 3.63) is 75.9 Å². The molecule has 0 fully saturated rings. The minimum Gasteiger partial charge on any atom is -0.291 e. The maximum absolute atomic E-state index is 12.7. The van der Waals surface area contributed by atoms with Crippen LogP contribution in [0.25, 0.3) is 10.9 Å². The molecule has 0 atom stereocenters. The monoisotopic (exact) mass is 378 g/mol. The number of rotatable bonds is 1. The van der Waals surface area contributed by atoms with Crippen molar-refractivity contribution >= 4 is 38.3 Å². The van der Waals surface area contributed by atoms with Crippen LogP contribution in [-0.2, 0) is 0 Å². The second-order valence-corrected chi connectivity index (χ2v) is 7.37. The Balaban J connectivity index is 1.98. The van der Waals surface area contributed by atoms with Gasteiger partial charge in [0, 0.05) is 32.7 Å². The summed E-state index contributed by atoms with van der Waals surface area (Å²) in [6.07, 6.45) is 1.83. The molecule has 4 rings (SSSR count). The lowest BCUT2D eigenvalue weighted by molar-refractivity contribution is 0.0912. The number of pyridine rings is 1. The molecule has 2 heterocycles. The zero-order valence-electron chi connectivity index (χ0n) is 13.4. The summed E-state index contributed by atoms with van der Waals surface area (Å²) in [4.78, 5) is 22.0. The lowest BCUT2D eigenvalue weighted by Crippen LogP contribution is -2.36. The SMILES string of the molecule is CC1(C)N=C(c2cnc3ccccc3c2)c2cc(Br)ccc2C1=O. The van der Waals surface area contributed by atoms with E-state index in [9.17, 15) is 4.79 Å². The van der Waals surface area contributed by atoms with Crippen LogP contribution < -0.4 is 0 Å². The third-order valence-corrected chi connectivity index (χ3v) is 4.79. The van der Waals surface area contributed by atoms with Gasteiger partial charge in [0.2, 0.25) is 0 Å². The number of para-hydroxylation sites is 1. The lowest BCUT2D eigenvalue weighted by Gasteiger charge is -2.28. The van der Waals surface area contributed by atoms with Crippen molar-refractivity contribution in [2.24, 2.45) is 4.99 Å². The number of Topliss-reactive ketones (excluding diaryl/α,β-unsaturated/α-hetero) is 1. The number of aromatic nitrogens is 1. The van der Waals surface area contributed by atoms with Crippen molar-refractivity contribution in [1.29, 1.82) is 0 Å². The minimum atomic E-state index is -0.776. The van der Waals surface area contributed by atoms with Crippen LogP contribution in [0, 0.1) is 0 Å². The molecule has 3 nitrogen and oxygen atoms in total. The second kappa shape index (κ2) is 5.35. The summed E-state index contributed by atoms with van der Waals surface area (Å²) < 4.78 is 0.926. The Bertz CT molecular complexity index is 1020. The first-order chi connectivity index (χ1) is 11.5. The van der Waals surface area contributed by atoms with Gasteiger partial charge in [-0.25, -0.2) is 0 Å². The van der Waals surface area contributed by atoms with Gasteiger partial charge in [-0.2, -0.15) is 0 Å². The Morgan fingerprint density at radius 1 is 1.00 bits per heavy atom. The molecular formula is C20H15BrN2O. The number of nitrogens with zero attached hydrogens (tertiary/aromatic N) is 2. The standard InChI is InChI=1S/C20H15BrN2O/c1-20(2)19(24)15-8-7-14(21)10-16(15)18(23-20)13-9-12-5-3-4-6-17(12)22-11-13/h3-11H,1-2H3. The molecule has 1 aromatic heterocycles. The molecule has 0 amide bonds. The molecule has 118 valence electrons. The molecule has 1 aliphatic heterocycles. The van der Waals surface area contributed by atoms with Crippen molar-refractivity contribution in [1.82, 2.24) is 4.98 Å². The third kappa shape index (κ3) is 2.38. The molecule has 0 bridgehead atoms. The minimum absolute atomic E-state index is 0.0440. The highest BCUT2D eigenvalue weighted by molar-refractivity contribution is 9.10. The summed E-state index contributed by atoms with van der Waals surface area (Å²) in [5.74, 6) is 0.0440. The summed E-state index contributed by atoms with van der Waals surface area (Å²) in [6.45, 7) is 3.71. The van der Waals surface area contributed by atoms with E-state index in [2.05, 4.69) is 27.0 Å². The number of aliphatic imine (C=N–C) groups is 1. The average molecular weight is 379 g/mol. The van der Waals surface area contributed by atoms with Crippen molar-refractivity contribution in [3.63, 3.8) is 0 Å². The van der Waals surface area contributed by atoms with Gasteiger partial charge in [-0.3, -0.25) is 14.8 Å². The molecule has 0 radical (unpaired) electrons. The smallest absolute Gasteiger partial charge is 0.190 e. The van der Waals surface area contributed by atoms with Gasteiger partial charge in [-0.05, 0) is 44.2 Å². The summed E-state index contributed by atoms with van der Waals surface area (Å²) in [5, 5.41) is 1.06. The van der Waals surface area contributed by atoms with Crippen LogP contribution in [0.5, 0.6) is 0 Å². The molecule has 0 spiro atoms. The van der Waals surface area contributed by atoms with Gasteiger partial charge >= 0.3 is 0 Å². The highest BCUT2D eigenvalue weighted by Crippen LogP contribution is 2.31. The van der Waals surface area contributed by atoms with Crippen LogP contribution in [-0.4, -0.2) is 22.0 Å². The molecule has 0 N–H and O–H groups in total. The first-order valence-electron chi connectivity index (χ1n) is 7.75. The van der Waals surface area contributed by atoms with Gasteiger partial charge in [0.05, 0.1) is 11.2 Å². The van der Waals surface area contributed by atoms with Crippen LogP contribution in [0.3, 0.4) is 0 Å². The highest BCUT2D eigenvalue weighted by Gasteiger charge is 2.35. The first-order valence-corrected chi connectivity index (χ1v) is 8.55. The Labute approximate surface area is 148 Å². The molecule has 0 aliphatic carbocycles. The quantitative estimate of drug-likeness (QED) is 0.609. The molecule has 2 aromatic carbocycles. The van der Waals surface area contributed by atoms with E-state index in [0.29, 0.717) is 5.56 Å². The molecule has 1 aliphatic rings. The van der Waals surface area contributed by atoms with Crippen LogP contribution >= 0.6 is 15.9 Å². The second-order valence-electron chi connectivity index (χ2n) is 6.46. The normalized spacial score (nSPS) is 16.0. The predicted molar refractivity (Wildman–Crippen MR) is 99.9 cm³/mol. The first kappa shape index (κ1) is 15.2. The fourth-order valence-electron chi connectivity index (χ4n) is 3.05. The van der Waals surface area contributed by atoms with Crippen LogP contribution in [0.1, 0.15) is 35.3 Å². The van der Waals surface area contributed by atoms with Gasteiger partial charge < -0.3 is 0 Å². The van der Waals surface area contributed by atoms with Gasteiger partial charge in [-0.1, -0.05) is 34.1 Å². The fourth-order valence-corrected chi connectivity index (χ4v) is 3.41. The van der Waals surface area contributed by atoms with E-state index in [1.165, 1.54) is 0 Å². The fraction of sp³-hybridized carbons (Fsp3) is 0.150. The third-order valence-electron chi connectivity index (χ3n) is 4.29. The summed E-state index contributed by atoms with van der Waals surface area (Å²) >= 11 is 3.50. The van der Waals surface area contributed by atoms with Crippen LogP contribution in [0.15, 0.2) is 64.2 Å². The number of ketones is 1. The molecule has 0 unspecified atom stereocenters. The van der Waals surface area contributed by atoms with Gasteiger partial charge in [-0.15, -0.1) is 0 Å². The number of hydrogen-bond acceptors (Lipinski definition) is 3. The maximum Gasteiger partial charge on any atom is 0.190 e. The van der Waals surface area contributed by atoms with Crippen molar-refractivity contribution in [2.45, 2.75) is 19.4 Å². The van der Waals surface area contributed by atoms with E-state index in [1.807, 2.05) is 62.5 Å². The maximum atomic E-state index is 12.7. The predicted octanol–water partition coefficient (Wildman–Crippen LogP) is 4.81. The Morgan fingerprint density at radius 2 is 1.79 bits per heavy atom. The molecular weight excluding hydrogens is 364 g/mol. The molecule has 0 saturated carbocycles. The number of benzene rings is 2. The van der Waals surface area contributed by atoms with Crippen LogP contribution in [0.4, 0.5) is 0 Å². The molecule has 4 heteroatoms. The van der Waals surface area contributed by atoms with Gasteiger partial charge in [0.1, 0.15) is 5.54 Å². The van der Waals surface area contributed by atoms with Gasteiger partial charge in [0.15, 0.2) is 5.78 Å². The Kier molecular flexibility index (Phi) is 3.39. The van der Waals surface area contributed by atoms with Crippen molar-refractivity contribution in [2.75, 3.05) is 0 Å². The van der Waals surface area contributed by atoms with Crippen molar-refractivity contribution < 1.29 is 4.79 Å². The number of halogens is 1. The van der Waals surface area contributed by atoms with Crippen molar-refractivity contribution in [3.8, 4) is 0 Å². The number of carbonyl (C=O) groups is 1. The number of carbonyl (C=O) groups excluding carboxylic acids is 1. The molecule has 24 heavy (non-hydrogen) atoms. The van der Waals surface area contributed by atoms with Crippen LogP contribution in [0.2, 0.25) is 0 Å². The van der Waals surface area contributed by atoms with E-state index in [0.717, 1.165) is 32.2 Å². The van der Waals surface area contributed by atoms with E-state index in [4.69, 9.17) is 4.99 Å².